The van der Waals surface area contributed by atoms with Gasteiger partial charge in [-0.25, -0.2) is 0 Å². The van der Waals surface area contributed by atoms with Crippen LogP contribution in [0.1, 0.15) is 19.4 Å². The van der Waals surface area contributed by atoms with Gasteiger partial charge in [0.05, 0.1) is 10.5 Å². The van der Waals surface area contributed by atoms with Gasteiger partial charge in [0.2, 0.25) is 0 Å². The molecule has 0 saturated heterocycles. The Morgan fingerprint density at radius 3 is 2.25 bits per heavy atom. The van der Waals surface area contributed by atoms with Crippen molar-refractivity contribution in [2.45, 2.75) is 13.8 Å². The van der Waals surface area contributed by atoms with Crippen LogP contribution in [0.5, 0.6) is 0 Å². The number of hydrogen-bond donors (Lipinski definition) is 0. The Balaban J connectivity index is 0.00000139. The van der Waals surface area contributed by atoms with Gasteiger partial charge in [-0.3, -0.25) is 10.1 Å². The minimum Gasteiger partial charge on any atom is -0.258 e. The molecule has 0 aliphatic carbocycles. The fourth-order valence-electron chi connectivity index (χ4n) is 2.15. The fourth-order valence-corrected chi connectivity index (χ4v) is 2.32. The van der Waals surface area contributed by atoms with E-state index < -0.39 is 4.92 Å². The van der Waals surface area contributed by atoms with E-state index in [1.54, 1.807) is 18.2 Å². The van der Waals surface area contributed by atoms with Crippen LogP contribution in [0.15, 0.2) is 73.9 Å². The Kier molecular flexibility index (Phi) is 7.66. The third-order valence-corrected chi connectivity index (χ3v) is 3.44. The van der Waals surface area contributed by atoms with Crippen molar-refractivity contribution in [2.75, 3.05) is 0 Å². The fraction of sp³-hybridized carbons (Fsp3) is 0.100. The summed E-state index contributed by atoms with van der Waals surface area (Å²) in [5.74, 6) is 0. The molecule has 0 unspecified atom stereocenters. The lowest BCUT2D eigenvalue weighted by Gasteiger charge is -2.06. The van der Waals surface area contributed by atoms with Crippen molar-refractivity contribution in [2.24, 2.45) is 0 Å². The molecule has 3 nitrogen and oxygen atoms in total. The number of benzene rings is 2. The van der Waals surface area contributed by atoms with E-state index in [-0.39, 0.29) is 5.69 Å². The maximum atomic E-state index is 11.1. The minimum atomic E-state index is -0.410. The SMILES string of the molecule is C=C/C=C(\C=C)c1ccc(-c2cc(Cl)ccc2[N+](=O)[O-])cc1.CC. The lowest BCUT2D eigenvalue weighted by Crippen LogP contribution is -1.92. The standard InChI is InChI=1S/C18H14ClNO2.C2H6/c1-3-5-13(4-2)14-6-8-15(9-7-14)17-12-16(19)10-11-18(17)20(21)22;1-2/h3-12H,1-2H2;1-2H3/b13-5+;. The second-order valence-corrected chi connectivity index (χ2v) is 4.99. The maximum Gasteiger partial charge on any atom is 0.277 e. The van der Waals surface area contributed by atoms with E-state index in [4.69, 9.17) is 11.6 Å². The summed E-state index contributed by atoms with van der Waals surface area (Å²) < 4.78 is 0. The van der Waals surface area contributed by atoms with Gasteiger partial charge in [0.1, 0.15) is 0 Å². The predicted molar refractivity (Wildman–Crippen MR) is 103 cm³/mol. The monoisotopic (exact) mass is 341 g/mol. The second kappa shape index (κ2) is 9.48. The molecule has 0 spiro atoms. The van der Waals surface area contributed by atoms with Gasteiger partial charge in [-0.05, 0) is 28.8 Å². The highest BCUT2D eigenvalue weighted by molar-refractivity contribution is 6.31. The molecule has 4 heteroatoms. The lowest BCUT2D eigenvalue weighted by molar-refractivity contribution is -0.384. The zero-order valence-electron chi connectivity index (χ0n) is 13.8. The summed E-state index contributed by atoms with van der Waals surface area (Å²) >= 11 is 5.96. The average molecular weight is 342 g/mol. The quantitative estimate of drug-likeness (QED) is 0.345. The van der Waals surface area contributed by atoms with E-state index in [1.807, 2.05) is 44.2 Å². The van der Waals surface area contributed by atoms with E-state index >= 15 is 0 Å². The molecular weight excluding hydrogens is 322 g/mol. The highest BCUT2D eigenvalue weighted by Crippen LogP contribution is 2.33. The Labute approximate surface area is 147 Å². The number of nitrogens with zero attached hydrogens (tertiary/aromatic N) is 1. The molecule has 2 aromatic rings. The Morgan fingerprint density at radius 2 is 1.75 bits per heavy atom. The van der Waals surface area contributed by atoms with E-state index in [0.29, 0.717) is 10.6 Å². The molecule has 124 valence electrons. The van der Waals surface area contributed by atoms with Crippen LogP contribution in [0.2, 0.25) is 5.02 Å². The van der Waals surface area contributed by atoms with Gasteiger partial charge < -0.3 is 0 Å². The molecule has 2 rings (SSSR count). The van der Waals surface area contributed by atoms with Crippen LogP contribution in [0.4, 0.5) is 5.69 Å². The zero-order valence-corrected chi connectivity index (χ0v) is 14.6. The van der Waals surface area contributed by atoms with Gasteiger partial charge in [0.25, 0.3) is 5.69 Å². The lowest BCUT2D eigenvalue weighted by atomic mass is 9.99. The molecule has 0 aliphatic heterocycles. The molecule has 0 N–H and O–H groups in total. The molecule has 0 heterocycles. The topological polar surface area (TPSA) is 43.1 Å². The molecule has 0 saturated carbocycles. The van der Waals surface area contributed by atoms with Crippen molar-refractivity contribution in [3.63, 3.8) is 0 Å². The number of nitro groups is 1. The van der Waals surface area contributed by atoms with Crippen LogP contribution >= 0.6 is 11.6 Å². The van der Waals surface area contributed by atoms with Gasteiger partial charge in [0.15, 0.2) is 0 Å². The number of rotatable bonds is 5. The van der Waals surface area contributed by atoms with Crippen LogP contribution in [0, 0.1) is 10.1 Å². The number of allylic oxidation sites excluding steroid dienone is 4. The first-order chi connectivity index (χ1) is 11.6. The highest BCUT2D eigenvalue weighted by Gasteiger charge is 2.15. The average Bonchev–Trinajstić information content (AvgIpc) is 2.61. The molecule has 2 aromatic carbocycles. The molecular formula is C20H20ClNO2. The first-order valence-corrected chi connectivity index (χ1v) is 7.94. The molecule has 0 bridgehead atoms. The van der Waals surface area contributed by atoms with Crippen LogP contribution in [0.25, 0.3) is 16.7 Å². The summed E-state index contributed by atoms with van der Waals surface area (Å²) in [7, 11) is 0. The van der Waals surface area contributed by atoms with Crippen molar-refractivity contribution < 1.29 is 4.92 Å². The second-order valence-electron chi connectivity index (χ2n) is 4.56. The summed E-state index contributed by atoms with van der Waals surface area (Å²) in [6.45, 7) is 11.4. The Morgan fingerprint density at radius 1 is 1.12 bits per heavy atom. The van der Waals surface area contributed by atoms with E-state index in [2.05, 4.69) is 13.2 Å². The van der Waals surface area contributed by atoms with E-state index in [9.17, 15) is 10.1 Å². The highest BCUT2D eigenvalue weighted by atomic mass is 35.5. The van der Waals surface area contributed by atoms with Crippen LogP contribution in [-0.4, -0.2) is 4.92 Å². The first kappa shape index (κ1) is 19.4. The largest absolute Gasteiger partial charge is 0.277 e. The summed E-state index contributed by atoms with van der Waals surface area (Å²) in [4.78, 5) is 10.7. The van der Waals surface area contributed by atoms with Crippen LogP contribution in [0.3, 0.4) is 0 Å². The van der Waals surface area contributed by atoms with Gasteiger partial charge in [0, 0.05) is 11.1 Å². The molecule has 0 atom stereocenters. The van der Waals surface area contributed by atoms with Gasteiger partial charge in [-0.15, -0.1) is 0 Å². The Bertz CT molecular complexity index is 762. The number of halogens is 1. The molecule has 0 aliphatic rings. The molecule has 0 radical (unpaired) electrons. The third kappa shape index (κ3) is 4.67. The predicted octanol–water partition coefficient (Wildman–Crippen LogP) is 6.70. The summed E-state index contributed by atoms with van der Waals surface area (Å²) in [5.41, 5.74) is 3.16. The summed E-state index contributed by atoms with van der Waals surface area (Å²) in [5, 5.41) is 11.6. The van der Waals surface area contributed by atoms with Crippen molar-refractivity contribution in [3.8, 4) is 11.1 Å². The van der Waals surface area contributed by atoms with Gasteiger partial charge in [-0.2, -0.15) is 0 Å². The maximum absolute atomic E-state index is 11.1. The van der Waals surface area contributed by atoms with Gasteiger partial charge in [-0.1, -0.05) is 81.1 Å². The number of nitro benzene ring substituents is 1. The Hall–Kier alpha value is -2.65. The van der Waals surface area contributed by atoms with Crippen molar-refractivity contribution in [1.29, 1.82) is 0 Å². The van der Waals surface area contributed by atoms with E-state index in [1.165, 1.54) is 12.1 Å². The number of hydrogen-bond acceptors (Lipinski definition) is 2. The van der Waals surface area contributed by atoms with Crippen molar-refractivity contribution in [1.82, 2.24) is 0 Å². The molecule has 0 amide bonds. The van der Waals surface area contributed by atoms with Crippen LogP contribution < -0.4 is 0 Å². The molecule has 0 fully saturated rings. The van der Waals surface area contributed by atoms with E-state index in [0.717, 1.165) is 16.7 Å². The smallest absolute Gasteiger partial charge is 0.258 e. The van der Waals surface area contributed by atoms with Crippen molar-refractivity contribution >= 4 is 22.9 Å². The van der Waals surface area contributed by atoms with Crippen molar-refractivity contribution in [3.05, 3.63) is 94.6 Å². The summed E-state index contributed by atoms with van der Waals surface area (Å²) in [6, 6.07) is 12.0. The van der Waals surface area contributed by atoms with Crippen LogP contribution in [-0.2, 0) is 0 Å². The minimum absolute atomic E-state index is 0.0303. The third-order valence-electron chi connectivity index (χ3n) is 3.20. The zero-order chi connectivity index (χ0) is 18.1. The first-order valence-electron chi connectivity index (χ1n) is 7.56. The van der Waals surface area contributed by atoms with Gasteiger partial charge >= 0.3 is 0 Å². The molecule has 0 aromatic heterocycles. The normalized spacial score (nSPS) is 10.4. The molecule has 24 heavy (non-hydrogen) atoms. The summed E-state index contributed by atoms with van der Waals surface area (Å²) in [6.07, 6.45) is 5.27.